The molecule has 3 N–H and O–H groups in total. The van der Waals surface area contributed by atoms with Crippen LogP contribution in [-0.2, 0) is 4.79 Å². The number of nitrogens with two attached hydrogens (primary N) is 1. The van der Waals surface area contributed by atoms with Gasteiger partial charge < -0.3 is 11.1 Å². The molecular weight excluding hydrogens is 212 g/mol. The van der Waals surface area contributed by atoms with Gasteiger partial charge in [0.1, 0.15) is 0 Å². The molecule has 3 heteroatoms. The highest BCUT2D eigenvalue weighted by Gasteiger charge is 2.26. The highest BCUT2D eigenvalue weighted by molar-refractivity contribution is 5.76. The number of amides is 1. The number of hydrogen-bond acceptors (Lipinski definition) is 2. The van der Waals surface area contributed by atoms with E-state index in [1.54, 1.807) is 0 Å². The summed E-state index contributed by atoms with van der Waals surface area (Å²) in [6.07, 6.45) is 6.09. The van der Waals surface area contributed by atoms with Crippen molar-refractivity contribution in [2.24, 2.45) is 17.6 Å². The van der Waals surface area contributed by atoms with Crippen molar-refractivity contribution in [3.63, 3.8) is 0 Å². The van der Waals surface area contributed by atoms with E-state index in [0.717, 1.165) is 25.2 Å². The lowest BCUT2D eigenvalue weighted by atomic mass is 9.80. The minimum atomic E-state index is 0.206. The van der Waals surface area contributed by atoms with Gasteiger partial charge >= 0.3 is 0 Å². The largest absolute Gasteiger partial charge is 0.353 e. The van der Waals surface area contributed by atoms with E-state index < -0.39 is 0 Å². The third kappa shape index (κ3) is 5.53. The molecule has 4 unspecified atom stereocenters. The molecule has 1 amide bonds. The van der Waals surface area contributed by atoms with Crippen molar-refractivity contribution < 1.29 is 4.79 Å². The van der Waals surface area contributed by atoms with Gasteiger partial charge in [0.15, 0.2) is 0 Å². The second-order valence-electron chi connectivity index (χ2n) is 5.94. The predicted octanol–water partition coefficient (Wildman–Crippen LogP) is 2.44. The standard InChI is InChI=1S/C14H28N2O/c1-10-7-8-13(11(2)9-10)16-14(17)6-4-5-12(3)15/h10-13H,4-9,15H2,1-3H3,(H,16,17). The van der Waals surface area contributed by atoms with E-state index in [4.69, 9.17) is 5.73 Å². The summed E-state index contributed by atoms with van der Waals surface area (Å²) in [6.45, 7) is 6.54. The fourth-order valence-electron chi connectivity index (χ4n) is 2.74. The maximum absolute atomic E-state index is 11.8. The Hall–Kier alpha value is -0.570. The predicted molar refractivity (Wildman–Crippen MR) is 71.6 cm³/mol. The third-order valence-electron chi connectivity index (χ3n) is 3.84. The van der Waals surface area contributed by atoms with Crippen LogP contribution in [0, 0.1) is 11.8 Å². The minimum absolute atomic E-state index is 0.206. The Morgan fingerprint density at radius 3 is 2.71 bits per heavy atom. The molecule has 0 bridgehead atoms. The molecule has 4 atom stereocenters. The summed E-state index contributed by atoms with van der Waals surface area (Å²) >= 11 is 0. The number of rotatable bonds is 5. The zero-order valence-electron chi connectivity index (χ0n) is 11.5. The summed E-state index contributed by atoms with van der Waals surface area (Å²) in [5.74, 6) is 1.64. The van der Waals surface area contributed by atoms with E-state index in [9.17, 15) is 4.79 Å². The van der Waals surface area contributed by atoms with Crippen LogP contribution in [0.4, 0.5) is 0 Å². The number of carbonyl (C=O) groups is 1. The first-order chi connectivity index (χ1) is 7.99. The summed E-state index contributed by atoms with van der Waals surface area (Å²) in [6, 6.07) is 0.603. The summed E-state index contributed by atoms with van der Waals surface area (Å²) in [7, 11) is 0. The van der Waals surface area contributed by atoms with Crippen LogP contribution in [0.3, 0.4) is 0 Å². The summed E-state index contributed by atoms with van der Waals surface area (Å²) in [4.78, 5) is 11.8. The fourth-order valence-corrected chi connectivity index (χ4v) is 2.74. The topological polar surface area (TPSA) is 55.1 Å². The van der Waals surface area contributed by atoms with E-state index >= 15 is 0 Å². The lowest BCUT2D eigenvalue weighted by Gasteiger charge is -2.33. The van der Waals surface area contributed by atoms with Crippen LogP contribution in [0.5, 0.6) is 0 Å². The van der Waals surface area contributed by atoms with Gasteiger partial charge in [-0.15, -0.1) is 0 Å². The molecule has 17 heavy (non-hydrogen) atoms. The van der Waals surface area contributed by atoms with Crippen LogP contribution < -0.4 is 11.1 Å². The van der Waals surface area contributed by atoms with Gasteiger partial charge in [0.2, 0.25) is 5.91 Å². The van der Waals surface area contributed by atoms with E-state index in [-0.39, 0.29) is 11.9 Å². The molecule has 0 heterocycles. The van der Waals surface area contributed by atoms with E-state index in [0.29, 0.717) is 18.4 Å². The molecule has 0 spiro atoms. The third-order valence-corrected chi connectivity index (χ3v) is 3.84. The van der Waals surface area contributed by atoms with Crippen molar-refractivity contribution >= 4 is 5.91 Å². The molecule has 1 saturated carbocycles. The van der Waals surface area contributed by atoms with E-state index in [1.165, 1.54) is 12.8 Å². The lowest BCUT2D eigenvalue weighted by molar-refractivity contribution is -0.122. The van der Waals surface area contributed by atoms with Gasteiger partial charge in [-0.3, -0.25) is 4.79 Å². The zero-order valence-corrected chi connectivity index (χ0v) is 11.5. The second kappa shape index (κ2) is 7.00. The Morgan fingerprint density at radius 1 is 1.41 bits per heavy atom. The number of nitrogens with one attached hydrogen (secondary N) is 1. The fraction of sp³-hybridized carbons (Fsp3) is 0.929. The SMILES string of the molecule is CC(N)CCCC(=O)NC1CCC(C)CC1C. The smallest absolute Gasteiger partial charge is 0.220 e. The second-order valence-corrected chi connectivity index (χ2v) is 5.94. The molecule has 0 aromatic heterocycles. The first kappa shape index (κ1) is 14.5. The molecule has 1 rings (SSSR count). The van der Waals surface area contributed by atoms with Crippen LogP contribution in [0.1, 0.15) is 59.3 Å². The maximum atomic E-state index is 11.8. The normalized spacial score (nSPS) is 30.9. The average Bonchev–Trinajstić information content (AvgIpc) is 2.21. The first-order valence-corrected chi connectivity index (χ1v) is 7.04. The molecular formula is C14H28N2O. The Labute approximate surface area is 106 Å². The molecule has 1 fully saturated rings. The lowest BCUT2D eigenvalue weighted by Crippen LogP contribution is -2.42. The molecule has 0 saturated heterocycles. The van der Waals surface area contributed by atoms with E-state index in [2.05, 4.69) is 19.2 Å². The van der Waals surface area contributed by atoms with E-state index in [1.807, 2.05) is 6.92 Å². The quantitative estimate of drug-likeness (QED) is 0.775. The van der Waals surface area contributed by atoms with Gasteiger partial charge in [-0.25, -0.2) is 0 Å². The molecule has 1 aliphatic carbocycles. The highest BCUT2D eigenvalue weighted by Crippen LogP contribution is 2.28. The molecule has 1 aliphatic rings. The van der Waals surface area contributed by atoms with Crippen LogP contribution in [-0.4, -0.2) is 18.0 Å². The molecule has 100 valence electrons. The average molecular weight is 240 g/mol. The van der Waals surface area contributed by atoms with Crippen molar-refractivity contribution in [3.8, 4) is 0 Å². The minimum Gasteiger partial charge on any atom is -0.353 e. The van der Waals surface area contributed by atoms with Crippen molar-refractivity contribution in [1.82, 2.24) is 5.32 Å². The monoisotopic (exact) mass is 240 g/mol. The summed E-state index contributed by atoms with van der Waals surface area (Å²) in [5, 5.41) is 3.18. The molecule has 0 aromatic carbocycles. The van der Waals surface area contributed by atoms with Gasteiger partial charge in [-0.1, -0.05) is 13.8 Å². The summed E-state index contributed by atoms with van der Waals surface area (Å²) < 4.78 is 0. The first-order valence-electron chi connectivity index (χ1n) is 7.04. The van der Waals surface area contributed by atoms with Crippen molar-refractivity contribution in [2.75, 3.05) is 0 Å². The molecule has 0 radical (unpaired) electrons. The number of hydrogen-bond donors (Lipinski definition) is 2. The maximum Gasteiger partial charge on any atom is 0.220 e. The van der Waals surface area contributed by atoms with Gasteiger partial charge in [0, 0.05) is 18.5 Å². The Morgan fingerprint density at radius 2 is 2.12 bits per heavy atom. The molecule has 3 nitrogen and oxygen atoms in total. The van der Waals surface area contributed by atoms with Crippen molar-refractivity contribution in [1.29, 1.82) is 0 Å². The van der Waals surface area contributed by atoms with Gasteiger partial charge in [-0.2, -0.15) is 0 Å². The van der Waals surface area contributed by atoms with Gasteiger partial charge in [0.25, 0.3) is 0 Å². The van der Waals surface area contributed by atoms with Crippen molar-refractivity contribution in [2.45, 2.75) is 71.4 Å². The Bertz CT molecular complexity index is 240. The molecule has 0 aromatic rings. The van der Waals surface area contributed by atoms with Crippen LogP contribution in [0.25, 0.3) is 0 Å². The number of carbonyl (C=O) groups excluding carboxylic acids is 1. The molecule has 0 aliphatic heterocycles. The van der Waals surface area contributed by atoms with Gasteiger partial charge in [0.05, 0.1) is 0 Å². The van der Waals surface area contributed by atoms with Gasteiger partial charge in [-0.05, 0) is 50.9 Å². The Balaban J connectivity index is 2.21. The van der Waals surface area contributed by atoms with Crippen LogP contribution in [0.2, 0.25) is 0 Å². The zero-order chi connectivity index (χ0) is 12.8. The van der Waals surface area contributed by atoms with Crippen molar-refractivity contribution in [3.05, 3.63) is 0 Å². The highest BCUT2D eigenvalue weighted by atomic mass is 16.1. The Kier molecular flexibility index (Phi) is 5.96. The summed E-state index contributed by atoms with van der Waals surface area (Å²) in [5.41, 5.74) is 5.67. The van der Waals surface area contributed by atoms with Crippen LogP contribution >= 0.6 is 0 Å². The van der Waals surface area contributed by atoms with Crippen LogP contribution in [0.15, 0.2) is 0 Å².